The Morgan fingerprint density at radius 2 is 1.71 bits per heavy atom. The molecule has 2 aliphatic rings. The molecule has 3 atom stereocenters. The first-order chi connectivity index (χ1) is 13.4. The Balaban J connectivity index is 1.44. The smallest absolute Gasteiger partial charge is 0.195 e. The number of methoxy groups -OCH3 is 1. The van der Waals surface area contributed by atoms with Crippen molar-refractivity contribution < 1.29 is 17.9 Å². The zero-order chi connectivity index (χ0) is 19.9. The Morgan fingerprint density at radius 1 is 1.11 bits per heavy atom. The van der Waals surface area contributed by atoms with Crippen LogP contribution in [0.3, 0.4) is 0 Å². The van der Waals surface area contributed by atoms with Gasteiger partial charge in [-0.15, -0.1) is 0 Å². The quantitative estimate of drug-likeness (QED) is 0.796. The normalized spacial score (nSPS) is 25.0. The molecule has 28 heavy (non-hydrogen) atoms. The van der Waals surface area contributed by atoms with Crippen LogP contribution in [-0.2, 0) is 9.84 Å². The van der Waals surface area contributed by atoms with Crippen molar-refractivity contribution in [1.82, 2.24) is 15.1 Å². The van der Waals surface area contributed by atoms with Gasteiger partial charge in [-0.25, -0.2) is 8.42 Å². The Morgan fingerprint density at radius 3 is 2.25 bits per heavy atom. The van der Waals surface area contributed by atoms with Gasteiger partial charge < -0.3 is 9.47 Å². The number of sulfone groups is 1. The van der Waals surface area contributed by atoms with Gasteiger partial charge in [-0.05, 0) is 63.8 Å². The highest BCUT2D eigenvalue weighted by molar-refractivity contribution is 7.91. The lowest BCUT2D eigenvalue weighted by Crippen LogP contribution is -2.48. The van der Waals surface area contributed by atoms with Crippen molar-refractivity contribution in [2.24, 2.45) is 0 Å². The minimum Gasteiger partial charge on any atom is -0.497 e. The molecule has 2 bridgehead atoms. The third-order valence-corrected chi connectivity index (χ3v) is 7.76. The van der Waals surface area contributed by atoms with E-state index in [4.69, 9.17) is 9.47 Å². The van der Waals surface area contributed by atoms with Crippen LogP contribution in [0.4, 0.5) is 0 Å². The molecular formula is C20H27N3O4S. The molecule has 1 unspecified atom stereocenters. The summed E-state index contributed by atoms with van der Waals surface area (Å²) < 4.78 is 37.4. The van der Waals surface area contributed by atoms with Crippen LogP contribution in [0.5, 0.6) is 11.5 Å². The Labute approximate surface area is 166 Å². The maximum Gasteiger partial charge on any atom is 0.195 e. The summed E-state index contributed by atoms with van der Waals surface area (Å²) in [6.45, 7) is 3.50. The minimum atomic E-state index is -3.41. The SMILES string of the molecule is COc1ccc(OC2C[C@H]3CC[C@@H](C2)N3CS(=O)(=O)c2c(C)n[nH]c2C)cc1. The van der Waals surface area contributed by atoms with E-state index in [0.29, 0.717) is 16.3 Å². The van der Waals surface area contributed by atoms with Crippen molar-refractivity contribution in [2.75, 3.05) is 13.0 Å². The van der Waals surface area contributed by atoms with E-state index >= 15 is 0 Å². The number of piperidine rings is 1. The van der Waals surface area contributed by atoms with E-state index in [-0.39, 0.29) is 24.1 Å². The number of hydrogen-bond acceptors (Lipinski definition) is 6. The number of hydrogen-bond donors (Lipinski definition) is 1. The summed E-state index contributed by atoms with van der Waals surface area (Å²) in [6, 6.07) is 8.10. The molecule has 4 rings (SSSR count). The lowest BCUT2D eigenvalue weighted by atomic mass is 10.0. The molecule has 0 saturated carbocycles. The molecule has 2 saturated heterocycles. The van der Waals surface area contributed by atoms with Crippen molar-refractivity contribution in [3.05, 3.63) is 35.7 Å². The average Bonchev–Trinajstić information content (AvgIpc) is 3.10. The first-order valence-corrected chi connectivity index (χ1v) is 11.3. The minimum absolute atomic E-state index is 0.0544. The monoisotopic (exact) mass is 405 g/mol. The number of rotatable bonds is 6. The van der Waals surface area contributed by atoms with E-state index in [1.165, 1.54) is 0 Å². The summed E-state index contributed by atoms with van der Waals surface area (Å²) in [7, 11) is -1.77. The highest BCUT2D eigenvalue weighted by Gasteiger charge is 2.43. The van der Waals surface area contributed by atoms with E-state index < -0.39 is 9.84 Å². The standard InChI is InChI=1S/C20H27N3O4S/c1-13-20(14(2)22-21-13)28(24,25)12-23-15-4-5-16(23)11-19(10-15)27-18-8-6-17(26-3)7-9-18/h6-9,15-16,19H,4-5,10-12H2,1-3H3,(H,21,22)/t15-,16+,19?. The third-order valence-electron chi connectivity index (χ3n) is 5.89. The lowest BCUT2D eigenvalue weighted by Gasteiger charge is -2.38. The Kier molecular flexibility index (Phi) is 5.09. The highest BCUT2D eigenvalue weighted by atomic mass is 32.2. The van der Waals surface area contributed by atoms with Gasteiger partial charge in [0.15, 0.2) is 9.84 Å². The maximum atomic E-state index is 13.0. The number of aromatic nitrogens is 2. The van der Waals surface area contributed by atoms with E-state index in [1.54, 1.807) is 21.0 Å². The fraction of sp³-hybridized carbons (Fsp3) is 0.550. The Hall–Kier alpha value is -2.06. The molecule has 2 fully saturated rings. The van der Waals surface area contributed by atoms with Crippen LogP contribution in [0.15, 0.2) is 29.2 Å². The van der Waals surface area contributed by atoms with E-state index in [9.17, 15) is 8.42 Å². The van der Waals surface area contributed by atoms with Crippen molar-refractivity contribution >= 4 is 9.84 Å². The van der Waals surface area contributed by atoms with Crippen molar-refractivity contribution in [2.45, 2.75) is 62.6 Å². The van der Waals surface area contributed by atoms with Gasteiger partial charge >= 0.3 is 0 Å². The zero-order valence-electron chi connectivity index (χ0n) is 16.5. The van der Waals surface area contributed by atoms with Crippen molar-refractivity contribution in [3.63, 3.8) is 0 Å². The molecule has 0 amide bonds. The maximum absolute atomic E-state index is 13.0. The molecule has 0 radical (unpaired) electrons. The van der Waals surface area contributed by atoms with Gasteiger partial charge in [-0.2, -0.15) is 5.10 Å². The fourth-order valence-corrected chi connectivity index (χ4v) is 6.59. The average molecular weight is 406 g/mol. The summed E-state index contributed by atoms with van der Waals surface area (Å²) in [6.07, 6.45) is 3.85. The molecule has 8 heteroatoms. The number of nitrogens with zero attached hydrogens (tertiary/aromatic N) is 2. The molecule has 1 N–H and O–H groups in total. The van der Waals surface area contributed by atoms with Gasteiger partial charge in [-0.3, -0.25) is 10.00 Å². The first-order valence-electron chi connectivity index (χ1n) is 9.68. The third kappa shape index (κ3) is 3.63. The largest absolute Gasteiger partial charge is 0.497 e. The molecule has 2 aromatic rings. The van der Waals surface area contributed by atoms with E-state index in [2.05, 4.69) is 15.1 Å². The molecule has 1 aromatic carbocycles. The molecule has 7 nitrogen and oxygen atoms in total. The van der Waals surface area contributed by atoms with E-state index in [1.807, 2.05) is 24.3 Å². The number of nitrogens with one attached hydrogen (secondary N) is 1. The van der Waals surface area contributed by atoms with Gasteiger partial charge in [0.1, 0.15) is 28.4 Å². The lowest BCUT2D eigenvalue weighted by molar-refractivity contribution is 0.0608. The van der Waals surface area contributed by atoms with Crippen LogP contribution in [0.25, 0.3) is 0 Å². The second-order valence-corrected chi connectivity index (χ2v) is 9.69. The molecular weight excluding hydrogens is 378 g/mol. The van der Waals surface area contributed by atoms with Crippen LogP contribution in [0.2, 0.25) is 0 Å². The molecule has 1 aromatic heterocycles. The number of ether oxygens (including phenoxy) is 2. The van der Waals surface area contributed by atoms with Crippen LogP contribution in [-0.4, -0.2) is 54.7 Å². The topological polar surface area (TPSA) is 84.5 Å². The molecule has 0 spiro atoms. The molecule has 2 aliphatic heterocycles. The number of aryl methyl sites for hydroxylation is 2. The highest BCUT2D eigenvalue weighted by Crippen LogP contribution is 2.38. The van der Waals surface area contributed by atoms with Crippen LogP contribution in [0, 0.1) is 13.8 Å². The number of aromatic amines is 1. The predicted molar refractivity (Wildman–Crippen MR) is 105 cm³/mol. The van der Waals surface area contributed by atoms with Gasteiger partial charge in [0.25, 0.3) is 0 Å². The summed E-state index contributed by atoms with van der Waals surface area (Å²) in [5.41, 5.74) is 1.16. The summed E-state index contributed by atoms with van der Waals surface area (Å²) in [5, 5.41) is 6.83. The van der Waals surface area contributed by atoms with Crippen LogP contribution >= 0.6 is 0 Å². The number of fused-ring (bicyclic) bond motifs is 2. The predicted octanol–water partition coefficient (Wildman–Crippen LogP) is 2.84. The summed E-state index contributed by atoms with van der Waals surface area (Å²) in [4.78, 5) is 2.51. The fourth-order valence-electron chi connectivity index (χ4n) is 4.64. The molecule has 3 heterocycles. The van der Waals surface area contributed by atoms with Gasteiger partial charge in [-0.1, -0.05) is 0 Å². The molecule has 0 aliphatic carbocycles. The van der Waals surface area contributed by atoms with Gasteiger partial charge in [0, 0.05) is 12.1 Å². The van der Waals surface area contributed by atoms with Crippen molar-refractivity contribution in [3.8, 4) is 11.5 Å². The number of benzene rings is 1. The van der Waals surface area contributed by atoms with Gasteiger partial charge in [0.2, 0.25) is 0 Å². The second kappa shape index (κ2) is 7.40. The van der Waals surface area contributed by atoms with Crippen molar-refractivity contribution in [1.29, 1.82) is 0 Å². The summed E-state index contributed by atoms with van der Waals surface area (Å²) in [5.74, 6) is 1.69. The zero-order valence-corrected chi connectivity index (χ0v) is 17.3. The second-order valence-electron chi connectivity index (χ2n) is 7.79. The van der Waals surface area contributed by atoms with Crippen LogP contribution < -0.4 is 9.47 Å². The number of H-pyrrole nitrogens is 1. The van der Waals surface area contributed by atoms with Crippen LogP contribution in [0.1, 0.15) is 37.1 Å². The molecule has 152 valence electrons. The van der Waals surface area contributed by atoms with Gasteiger partial charge in [0.05, 0.1) is 18.5 Å². The first kappa shape index (κ1) is 19.3. The Bertz CT molecular complexity index is 905. The van der Waals surface area contributed by atoms with E-state index in [0.717, 1.165) is 37.2 Å². The summed E-state index contributed by atoms with van der Waals surface area (Å²) >= 11 is 0.